The second-order valence-corrected chi connectivity index (χ2v) is 14.0. The van der Waals surface area contributed by atoms with E-state index in [1.54, 1.807) is 0 Å². The fraction of sp³-hybridized carbons (Fsp3) is 0.619. The molecule has 0 bridgehead atoms. The lowest BCUT2D eigenvalue weighted by molar-refractivity contribution is -0.196. The zero-order chi connectivity index (χ0) is 39.1. The fourth-order valence-electron chi connectivity index (χ4n) is 6.16. The summed E-state index contributed by atoms with van der Waals surface area (Å²) in [6.07, 6.45) is 17.6. The molecule has 0 heterocycles. The molecule has 1 aromatic carbocycles. The minimum atomic E-state index is -1.57. The summed E-state index contributed by atoms with van der Waals surface area (Å²) in [6, 6.07) is 9.99. The maximum Gasteiger partial charge on any atom is 0.321 e. The van der Waals surface area contributed by atoms with Gasteiger partial charge in [-0.2, -0.15) is 0 Å². The molecule has 1 saturated carbocycles. The van der Waals surface area contributed by atoms with E-state index in [-0.39, 0.29) is 31.1 Å². The number of hydrogen-bond donors (Lipinski definition) is 3. The first-order valence-corrected chi connectivity index (χ1v) is 18.7. The minimum Gasteiger partial charge on any atom is -0.464 e. The van der Waals surface area contributed by atoms with Crippen molar-refractivity contribution in [2.45, 2.75) is 135 Å². The SMILES string of the molecule is C#CCCCC(=O)OCC(C)(COC(=O)CCCC#C)C(=O)OC(C)OC(=O)CCC/C=C\C[C@@H]1[C@@H](CC[C@@H](O)CCc2ccccc2)[C@H](O)C[C@@H]1O. The molecule has 292 valence electrons. The van der Waals surface area contributed by atoms with Gasteiger partial charge in [-0.3, -0.25) is 19.2 Å². The van der Waals surface area contributed by atoms with Crippen LogP contribution in [-0.4, -0.2) is 77.0 Å². The Kier molecular flexibility index (Phi) is 21.2. The molecule has 1 unspecified atom stereocenters. The molecule has 53 heavy (non-hydrogen) atoms. The monoisotopic (exact) mass is 738 g/mol. The predicted octanol–water partition coefficient (Wildman–Crippen LogP) is 5.37. The van der Waals surface area contributed by atoms with Gasteiger partial charge in [0, 0.05) is 39.0 Å². The topological polar surface area (TPSA) is 166 Å². The number of allylic oxidation sites excluding steroid dienone is 2. The molecule has 2 rings (SSSR count). The van der Waals surface area contributed by atoms with E-state index in [9.17, 15) is 34.5 Å². The Morgan fingerprint density at radius 1 is 0.849 bits per heavy atom. The van der Waals surface area contributed by atoms with Crippen LogP contribution < -0.4 is 0 Å². The lowest BCUT2D eigenvalue weighted by Gasteiger charge is -2.28. The number of carbonyl (C=O) groups excluding carboxylic acids is 4. The highest BCUT2D eigenvalue weighted by atomic mass is 16.7. The third-order valence-electron chi connectivity index (χ3n) is 9.36. The Hall–Kier alpha value is -4.16. The van der Waals surface area contributed by atoms with Gasteiger partial charge in [-0.15, -0.1) is 24.7 Å². The second kappa shape index (κ2) is 25.0. The molecular weight excluding hydrogens is 680 g/mol. The summed E-state index contributed by atoms with van der Waals surface area (Å²) in [5.74, 6) is 2.02. The van der Waals surface area contributed by atoms with Crippen LogP contribution in [0.2, 0.25) is 0 Å². The van der Waals surface area contributed by atoms with Crippen LogP contribution >= 0.6 is 0 Å². The number of hydrogen-bond acceptors (Lipinski definition) is 11. The van der Waals surface area contributed by atoms with Gasteiger partial charge in [0.05, 0.1) is 18.3 Å². The highest BCUT2D eigenvalue weighted by Gasteiger charge is 2.41. The molecule has 3 N–H and O–H groups in total. The van der Waals surface area contributed by atoms with Crippen LogP contribution in [0.1, 0.15) is 109 Å². The van der Waals surface area contributed by atoms with E-state index in [1.165, 1.54) is 19.4 Å². The van der Waals surface area contributed by atoms with E-state index in [2.05, 4.69) is 11.8 Å². The molecule has 1 aromatic rings. The highest BCUT2D eigenvalue weighted by Crippen LogP contribution is 2.38. The number of aliphatic hydroxyl groups excluding tert-OH is 3. The van der Waals surface area contributed by atoms with Crippen molar-refractivity contribution in [3.05, 3.63) is 48.0 Å². The Bertz CT molecular complexity index is 1340. The molecule has 1 fully saturated rings. The smallest absolute Gasteiger partial charge is 0.321 e. The number of carbonyl (C=O) groups is 4. The Morgan fingerprint density at radius 3 is 2.04 bits per heavy atom. The third kappa shape index (κ3) is 17.9. The number of aliphatic hydroxyl groups is 3. The average Bonchev–Trinajstić information content (AvgIpc) is 3.40. The minimum absolute atomic E-state index is 0.0531. The lowest BCUT2D eigenvalue weighted by Crippen LogP contribution is -2.42. The summed E-state index contributed by atoms with van der Waals surface area (Å²) in [5, 5.41) is 31.7. The molecule has 0 spiro atoms. The fourth-order valence-corrected chi connectivity index (χ4v) is 6.16. The van der Waals surface area contributed by atoms with Gasteiger partial charge in [0.25, 0.3) is 0 Å². The van der Waals surface area contributed by atoms with E-state index in [0.717, 1.165) is 6.42 Å². The highest BCUT2D eigenvalue weighted by molar-refractivity contribution is 5.79. The van der Waals surface area contributed by atoms with Gasteiger partial charge < -0.3 is 34.3 Å². The molecule has 6 atom stereocenters. The van der Waals surface area contributed by atoms with Crippen molar-refractivity contribution in [3.8, 4) is 24.7 Å². The summed E-state index contributed by atoms with van der Waals surface area (Å²) >= 11 is 0. The molecule has 0 aliphatic heterocycles. The number of benzene rings is 1. The molecular formula is C42H58O11. The molecule has 0 amide bonds. The predicted molar refractivity (Wildman–Crippen MR) is 198 cm³/mol. The first kappa shape index (κ1) is 45.0. The van der Waals surface area contributed by atoms with E-state index >= 15 is 0 Å². The Labute approximate surface area is 314 Å². The summed E-state index contributed by atoms with van der Waals surface area (Å²) < 4.78 is 21.2. The van der Waals surface area contributed by atoms with Crippen LogP contribution in [-0.2, 0) is 44.5 Å². The summed E-state index contributed by atoms with van der Waals surface area (Å²) in [4.78, 5) is 50.0. The van der Waals surface area contributed by atoms with Crippen molar-refractivity contribution in [1.82, 2.24) is 0 Å². The number of rotatable bonds is 25. The standard InChI is InChI=1S/C42H58O11/c1-5-7-12-21-38(46)50-29-42(4,30-51-39(47)22-13-8-6-2)41(49)53-31(3)52-40(48)23-17-10-9-16-20-34-35(37(45)28-36(34)44)27-26-33(43)25-24-32-18-14-11-15-19-32/h1-2,9,11,14-16,18-19,31,33-37,43-45H,7-8,10,12-13,17,20-30H2,3-4H3/b16-9-/t31?,33-,34+,35+,36-,37+/m0/s1. The van der Waals surface area contributed by atoms with Crippen molar-refractivity contribution in [2.75, 3.05) is 13.2 Å². The molecule has 11 nitrogen and oxygen atoms in total. The van der Waals surface area contributed by atoms with Crippen molar-refractivity contribution < 1.29 is 53.4 Å². The number of esters is 4. The van der Waals surface area contributed by atoms with Gasteiger partial charge in [0.1, 0.15) is 18.6 Å². The molecule has 0 radical (unpaired) electrons. The summed E-state index contributed by atoms with van der Waals surface area (Å²) in [6.45, 7) is 1.94. The van der Waals surface area contributed by atoms with E-state index in [4.69, 9.17) is 31.8 Å². The van der Waals surface area contributed by atoms with E-state index in [1.807, 2.05) is 42.5 Å². The number of terminal acetylenes is 2. The first-order valence-electron chi connectivity index (χ1n) is 18.7. The maximum atomic E-state index is 13.2. The summed E-state index contributed by atoms with van der Waals surface area (Å²) in [5.41, 5.74) is -0.399. The van der Waals surface area contributed by atoms with Gasteiger partial charge in [-0.25, -0.2) is 0 Å². The van der Waals surface area contributed by atoms with Crippen LogP contribution in [0.25, 0.3) is 0 Å². The van der Waals surface area contributed by atoms with Crippen molar-refractivity contribution >= 4 is 23.9 Å². The van der Waals surface area contributed by atoms with Gasteiger partial charge >= 0.3 is 23.9 Å². The molecule has 11 heteroatoms. The first-order chi connectivity index (χ1) is 25.4. The number of aryl methyl sites for hydroxylation is 1. The number of unbranched alkanes of at least 4 members (excludes halogenated alkanes) is 3. The van der Waals surface area contributed by atoms with Crippen LogP contribution in [0.4, 0.5) is 0 Å². The van der Waals surface area contributed by atoms with Crippen molar-refractivity contribution in [1.29, 1.82) is 0 Å². The van der Waals surface area contributed by atoms with Crippen LogP contribution in [0.15, 0.2) is 42.5 Å². The number of ether oxygens (including phenoxy) is 4. The largest absolute Gasteiger partial charge is 0.464 e. The quantitative estimate of drug-likeness (QED) is 0.0295. The lowest BCUT2D eigenvalue weighted by atomic mass is 9.85. The molecule has 0 saturated heterocycles. The molecule has 1 aliphatic carbocycles. The van der Waals surface area contributed by atoms with Crippen LogP contribution in [0, 0.1) is 41.9 Å². The third-order valence-corrected chi connectivity index (χ3v) is 9.36. The van der Waals surface area contributed by atoms with Gasteiger partial charge in [-0.1, -0.05) is 42.5 Å². The average molecular weight is 739 g/mol. The van der Waals surface area contributed by atoms with Gasteiger partial charge in [0.2, 0.25) is 6.29 Å². The normalized spacial score (nSPS) is 19.5. The van der Waals surface area contributed by atoms with E-state index in [0.29, 0.717) is 70.6 Å². The zero-order valence-corrected chi connectivity index (χ0v) is 31.3. The van der Waals surface area contributed by atoms with Crippen LogP contribution in [0.5, 0.6) is 0 Å². The van der Waals surface area contributed by atoms with Crippen molar-refractivity contribution in [3.63, 3.8) is 0 Å². The second-order valence-electron chi connectivity index (χ2n) is 14.0. The molecule has 0 aromatic heterocycles. The van der Waals surface area contributed by atoms with Crippen molar-refractivity contribution in [2.24, 2.45) is 17.3 Å². The van der Waals surface area contributed by atoms with E-state index < -0.39 is 67.1 Å². The zero-order valence-electron chi connectivity index (χ0n) is 31.3. The molecule has 1 aliphatic rings. The summed E-state index contributed by atoms with van der Waals surface area (Å²) in [7, 11) is 0. The maximum absolute atomic E-state index is 13.2. The Morgan fingerprint density at radius 2 is 1.43 bits per heavy atom. The van der Waals surface area contributed by atoms with Gasteiger partial charge in [0.15, 0.2) is 0 Å². The Balaban J connectivity index is 1.78. The van der Waals surface area contributed by atoms with Crippen LogP contribution in [0.3, 0.4) is 0 Å². The van der Waals surface area contributed by atoms with Gasteiger partial charge in [-0.05, 0) is 88.5 Å².